The Bertz CT molecular complexity index is 426. The van der Waals surface area contributed by atoms with Gasteiger partial charge in [-0.3, -0.25) is 4.79 Å². The van der Waals surface area contributed by atoms with E-state index in [1.165, 1.54) is 30.6 Å². The number of methoxy groups -OCH3 is 1. The molecule has 4 heteroatoms. The molecule has 20 heavy (non-hydrogen) atoms. The Morgan fingerprint density at radius 3 is 2.60 bits per heavy atom. The lowest BCUT2D eigenvalue weighted by atomic mass is 10.2. The van der Waals surface area contributed by atoms with Crippen LogP contribution < -0.4 is 15.0 Å². The summed E-state index contributed by atoms with van der Waals surface area (Å²) in [6, 6.07) is 7.80. The molecule has 0 spiro atoms. The van der Waals surface area contributed by atoms with Crippen molar-refractivity contribution in [3.05, 3.63) is 29.8 Å². The zero-order valence-corrected chi connectivity index (χ0v) is 12.3. The first-order valence-corrected chi connectivity index (χ1v) is 7.52. The van der Waals surface area contributed by atoms with Crippen LogP contribution in [0.5, 0.6) is 5.75 Å². The van der Waals surface area contributed by atoms with Gasteiger partial charge >= 0.3 is 0 Å². The molecule has 1 aliphatic rings. The Labute approximate surface area is 121 Å². The molecule has 2 N–H and O–H groups in total. The zero-order chi connectivity index (χ0) is 14.2. The topological polar surface area (TPSA) is 42.8 Å². The monoisotopic (exact) mass is 277 g/mol. The van der Waals surface area contributed by atoms with Gasteiger partial charge in [-0.1, -0.05) is 18.2 Å². The fourth-order valence-electron chi connectivity index (χ4n) is 2.74. The molecule has 0 bridgehead atoms. The van der Waals surface area contributed by atoms with Crippen LogP contribution in [0, 0.1) is 0 Å². The van der Waals surface area contributed by atoms with E-state index in [1.807, 2.05) is 24.3 Å². The summed E-state index contributed by atoms with van der Waals surface area (Å²) < 4.78 is 5.29. The Hall–Kier alpha value is -1.55. The minimum Gasteiger partial charge on any atom is -0.496 e. The van der Waals surface area contributed by atoms with Gasteiger partial charge in [0.15, 0.2) is 6.54 Å². The molecule has 0 unspecified atom stereocenters. The van der Waals surface area contributed by atoms with Crippen molar-refractivity contribution in [2.75, 3.05) is 26.7 Å². The summed E-state index contributed by atoms with van der Waals surface area (Å²) in [4.78, 5) is 13.4. The highest BCUT2D eigenvalue weighted by atomic mass is 16.5. The van der Waals surface area contributed by atoms with E-state index in [4.69, 9.17) is 4.74 Å². The second-order valence-corrected chi connectivity index (χ2v) is 5.43. The largest absolute Gasteiger partial charge is 0.496 e. The molecule has 0 radical (unpaired) electrons. The quantitative estimate of drug-likeness (QED) is 0.835. The number of nitrogens with one attached hydrogen (secondary N) is 2. The molecular weight excluding hydrogens is 252 g/mol. The van der Waals surface area contributed by atoms with Gasteiger partial charge in [-0.15, -0.1) is 0 Å². The van der Waals surface area contributed by atoms with Crippen molar-refractivity contribution in [3.8, 4) is 5.75 Å². The molecule has 1 aromatic carbocycles. The van der Waals surface area contributed by atoms with Gasteiger partial charge in [0.1, 0.15) is 5.75 Å². The van der Waals surface area contributed by atoms with Crippen LogP contribution in [0.3, 0.4) is 0 Å². The molecule has 4 nitrogen and oxygen atoms in total. The van der Waals surface area contributed by atoms with Crippen molar-refractivity contribution >= 4 is 5.91 Å². The summed E-state index contributed by atoms with van der Waals surface area (Å²) in [5.74, 6) is 0.961. The molecule has 0 aromatic heterocycles. The summed E-state index contributed by atoms with van der Waals surface area (Å²) in [6.45, 7) is 3.38. The fraction of sp³-hybridized carbons (Fsp3) is 0.562. The van der Waals surface area contributed by atoms with Crippen LogP contribution in [-0.4, -0.2) is 32.7 Å². The normalized spacial score (nSPS) is 16.4. The predicted octanol–water partition coefficient (Wildman–Crippen LogP) is 0.770. The van der Waals surface area contributed by atoms with E-state index in [2.05, 4.69) is 5.32 Å². The van der Waals surface area contributed by atoms with E-state index in [0.717, 1.165) is 24.4 Å². The number of rotatable bonds is 5. The lowest BCUT2D eigenvalue weighted by Crippen LogP contribution is -3.13. The number of hydrogen-bond acceptors (Lipinski definition) is 2. The molecule has 110 valence electrons. The molecule has 0 saturated carbocycles. The Morgan fingerprint density at radius 2 is 1.90 bits per heavy atom. The van der Waals surface area contributed by atoms with Crippen molar-refractivity contribution in [1.29, 1.82) is 0 Å². The molecular formula is C16H25N2O2+. The smallest absolute Gasteiger partial charge is 0.275 e. The molecule has 1 aliphatic heterocycles. The molecule has 0 aliphatic carbocycles. The number of hydrogen-bond donors (Lipinski definition) is 2. The van der Waals surface area contributed by atoms with Crippen molar-refractivity contribution in [1.82, 2.24) is 5.32 Å². The van der Waals surface area contributed by atoms with Crippen LogP contribution in [-0.2, 0) is 11.3 Å². The zero-order valence-electron chi connectivity index (χ0n) is 12.3. The summed E-state index contributed by atoms with van der Waals surface area (Å²) in [5, 5.41) is 3.00. The third-order valence-corrected chi connectivity index (χ3v) is 3.89. The van der Waals surface area contributed by atoms with E-state index >= 15 is 0 Å². The lowest BCUT2D eigenvalue weighted by molar-refractivity contribution is -0.891. The number of likely N-dealkylation sites (tertiary alicyclic amines) is 1. The number of carbonyl (C=O) groups excluding carboxylic acids is 1. The highest BCUT2D eigenvalue weighted by Gasteiger charge is 2.16. The van der Waals surface area contributed by atoms with Crippen molar-refractivity contribution in [2.45, 2.75) is 32.2 Å². The van der Waals surface area contributed by atoms with E-state index in [1.54, 1.807) is 7.11 Å². The Kier molecular flexibility index (Phi) is 5.87. The number of amides is 1. The second kappa shape index (κ2) is 7.90. The van der Waals surface area contributed by atoms with E-state index in [0.29, 0.717) is 13.1 Å². The number of benzene rings is 1. The van der Waals surface area contributed by atoms with Gasteiger partial charge < -0.3 is 15.0 Å². The molecule has 1 fully saturated rings. The predicted molar refractivity (Wildman–Crippen MR) is 78.9 cm³/mol. The average molecular weight is 277 g/mol. The second-order valence-electron chi connectivity index (χ2n) is 5.43. The van der Waals surface area contributed by atoms with Crippen LogP contribution >= 0.6 is 0 Å². The highest BCUT2D eigenvalue weighted by Crippen LogP contribution is 2.16. The highest BCUT2D eigenvalue weighted by molar-refractivity contribution is 5.76. The van der Waals surface area contributed by atoms with Crippen LogP contribution in [0.25, 0.3) is 0 Å². The summed E-state index contributed by atoms with van der Waals surface area (Å²) >= 11 is 0. The number of carbonyl (C=O) groups is 1. The van der Waals surface area contributed by atoms with Crippen molar-refractivity contribution in [3.63, 3.8) is 0 Å². The van der Waals surface area contributed by atoms with Crippen molar-refractivity contribution < 1.29 is 14.4 Å². The summed E-state index contributed by atoms with van der Waals surface area (Å²) in [5.41, 5.74) is 1.02. The van der Waals surface area contributed by atoms with E-state index in [9.17, 15) is 4.79 Å². The lowest BCUT2D eigenvalue weighted by Gasteiger charge is -2.16. The first-order chi connectivity index (χ1) is 9.79. The average Bonchev–Trinajstić information content (AvgIpc) is 2.74. The molecule has 1 saturated heterocycles. The first kappa shape index (κ1) is 14.9. The fourth-order valence-corrected chi connectivity index (χ4v) is 2.74. The molecule has 0 atom stereocenters. The Balaban J connectivity index is 1.79. The maximum absolute atomic E-state index is 12.0. The van der Waals surface area contributed by atoms with Crippen LogP contribution in [0.15, 0.2) is 24.3 Å². The van der Waals surface area contributed by atoms with Gasteiger partial charge in [0, 0.05) is 12.1 Å². The SMILES string of the molecule is COc1ccccc1CNC(=O)C[NH+]1CCCCCC1. The minimum atomic E-state index is 0.132. The van der Waals surface area contributed by atoms with Gasteiger partial charge in [0.2, 0.25) is 0 Å². The number of quaternary nitrogens is 1. The van der Waals surface area contributed by atoms with Gasteiger partial charge in [-0.25, -0.2) is 0 Å². The Morgan fingerprint density at radius 1 is 1.20 bits per heavy atom. The first-order valence-electron chi connectivity index (χ1n) is 7.52. The van der Waals surface area contributed by atoms with Crippen LogP contribution in [0.4, 0.5) is 0 Å². The molecule has 1 heterocycles. The van der Waals surface area contributed by atoms with Gasteiger partial charge in [-0.05, 0) is 31.7 Å². The standard InChI is InChI=1S/C16H24N2O2/c1-20-15-9-5-4-8-14(15)12-17-16(19)13-18-10-6-2-3-7-11-18/h4-5,8-9H,2-3,6-7,10-13H2,1H3,(H,17,19)/p+1. The summed E-state index contributed by atoms with van der Waals surface area (Å²) in [6.07, 6.45) is 5.11. The number of para-hydroxylation sites is 1. The van der Waals surface area contributed by atoms with Crippen LogP contribution in [0.1, 0.15) is 31.2 Å². The van der Waals surface area contributed by atoms with Gasteiger partial charge in [0.05, 0.1) is 20.2 Å². The minimum absolute atomic E-state index is 0.132. The summed E-state index contributed by atoms with van der Waals surface area (Å²) in [7, 11) is 1.65. The number of ether oxygens (including phenoxy) is 1. The third-order valence-electron chi connectivity index (χ3n) is 3.89. The van der Waals surface area contributed by atoms with E-state index in [-0.39, 0.29) is 5.91 Å². The van der Waals surface area contributed by atoms with Crippen LogP contribution in [0.2, 0.25) is 0 Å². The third kappa shape index (κ3) is 4.53. The molecule has 1 aromatic rings. The maximum atomic E-state index is 12.0. The van der Waals surface area contributed by atoms with Gasteiger partial charge in [0.25, 0.3) is 5.91 Å². The van der Waals surface area contributed by atoms with Gasteiger partial charge in [-0.2, -0.15) is 0 Å². The molecule has 2 rings (SSSR count). The molecule has 1 amide bonds. The van der Waals surface area contributed by atoms with Crippen molar-refractivity contribution in [2.24, 2.45) is 0 Å². The van der Waals surface area contributed by atoms with E-state index < -0.39 is 0 Å². The maximum Gasteiger partial charge on any atom is 0.275 e.